The van der Waals surface area contributed by atoms with Crippen molar-refractivity contribution in [3.8, 4) is 0 Å². The molecule has 0 atom stereocenters. The van der Waals surface area contributed by atoms with Crippen molar-refractivity contribution in [3.63, 3.8) is 0 Å². The van der Waals surface area contributed by atoms with Gasteiger partial charge in [-0.15, -0.1) is 11.3 Å². The monoisotopic (exact) mass is 213 g/mol. The number of nitrogens with zero attached hydrogens (tertiary/aromatic N) is 1. The second-order valence-electron chi connectivity index (χ2n) is 4.35. The number of aliphatic hydroxyl groups excluding tert-OH is 1. The Morgan fingerprint density at radius 2 is 2.14 bits per heavy atom. The van der Waals surface area contributed by atoms with Crippen LogP contribution in [0.15, 0.2) is 11.4 Å². The molecule has 0 saturated heterocycles. The zero-order valence-electron chi connectivity index (χ0n) is 9.37. The third-order valence-corrected chi connectivity index (χ3v) is 3.78. The van der Waals surface area contributed by atoms with Gasteiger partial charge in [-0.2, -0.15) is 0 Å². The van der Waals surface area contributed by atoms with E-state index in [4.69, 9.17) is 0 Å². The molecule has 0 aromatic carbocycles. The average Bonchev–Trinajstić information content (AvgIpc) is 2.52. The van der Waals surface area contributed by atoms with Gasteiger partial charge in [-0.05, 0) is 44.8 Å². The van der Waals surface area contributed by atoms with E-state index >= 15 is 0 Å². The Bertz CT molecular complexity index is 293. The Labute approximate surface area is 90.2 Å². The second kappa shape index (κ2) is 4.43. The lowest BCUT2D eigenvalue weighted by atomic mass is 10.1. The van der Waals surface area contributed by atoms with Crippen molar-refractivity contribution in [3.05, 3.63) is 21.9 Å². The quantitative estimate of drug-likeness (QED) is 0.829. The van der Waals surface area contributed by atoms with Crippen molar-refractivity contribution in [2.45, 2.75) is 32.9 Å². The highest BCUT2D eigenvalue weighted by Crippen LogP contribution is 2.21. The van der Waals surface area contributed by atoms with Crippen LogP contribution in [0, 0.1) is 6.92 Å². The molecule has 0 fully saturated rings. The SMILES string of the molecule is Cc1ccsc1CN(C)C(C)(C)CO. The van der Waals surface area contributed by atoms with Gasteiger partial charge in [-0.1, -0.05) is 0 Å². The molecule has 0 saturated carbocycles. The van der Waals surface area contributed by atoms with E-state index in [9.17, 15) is 5.11 Å². The summed E-state index contributed by atoms with van der Waals surface area (Å²) in [6, 6.07) is 2.14. The summed E-state index contributed by atoms with van der Waals surface area (Å²) in [4.78, 5) is 3.57. The van der Waals surface area contributed by atoms with Gasteiger partial charge in [0.2, 0.25) is 0 Å². The number of thiophene rings is 1. The summed E-state index contributed by atoms with van der Waals surface area (Å²) in [5.41, 5.74) is 1.20. The normalized spacial score (nSPS) is 12.4. The van der Waals surface area contributed by atoms with Crippen LogP contribution < -0.4 is 0 Å². The number of hydrogen-bond acceptors (Lipinski definition) is 3. The van der Waals surface area contributed by atoms with Gasteiger partial charge in [-0.3, -0.25) is 4.90 Å². The van der Waals surface area contributed by atoms with Crippen LogP contribution in [-0.2, 0) is 6.54 Å². The molecule has 1 heterocycles. The van der Waals surface area contributed by atoms with Crippen LogP contribution in [0.3, 0.4) is 0 Å². The summed E-state index contributed by atoms with van der Waals surface area (Å²) in [5.74, 6) is 0. The minimum atomic E-state index is -0.142. The van der Waals surface area contributed by atoms with Crippen LogP contribution in [0.5, 0.6) is 0 Å². The maximum atomic E-state index is 9.22. The van der Waals surface area contributed by atoms with E-state index in [1.807, 2.05) is 0 Å². The highest BCUT2D eigenvalue weighted by atomic mass is 32.1. The molecular formula is C11H19NOS. The molecular weight excluding hydrogens is 194 g/mol. The second-order valence-corrected chi connectivity index (χ2v) is 5.35. The van der Waals surface area contributed by atoms with Gasteiger partial charge in [0, 0.05) is 17.0 Å². The first kappa shape index (κ1) is 11.7. The number of aliphatic hydroxyl groups is 1. The molecule has 0 bridgehead atoms. The Hall–Kier alpha value is -0.380. The predicted octanol–water partition coefficient (Wildman–Crippen LogP) is 2.26. The Morgan fingerprint density at radius 3 is 2.57 bits per heavy atom. The Balaban J connectivity index is 2.66. The molecule has 0 radical (unpaired) electrons. The van der Waals surface area contributed by atoms with Gasteiger partial charge < -0.3 is 5.11 Å². The van der Waals surface area contributed by atoms with Crippen LogP contribution in [-0.4, -0.2) is 29.2 Å². The lowest BCUT2D eigenvalue weighted by Crippen LogP contribution is -2.43. The van der Waals surface area contributed by atoms with Gasteiger partial charge in [-0.25, -0.2) is 0 Å². The van der Waals surface area contributed by atoms with E-state index in [0.29, 0.717) is 0 Å². The van der Waals surface area contributed by atoms with Crippen molar-refractivity contribution in [2.75, 3.05) is 13.7 Å². The lowest BCUT2D eigenvalue weighted by molar-refractivity contribution is 0.0740. The van der Waals surface area contributed by atoms with Gasteiger partial charge >= 0.3 is 0 Å². The largest absolute Gasteiger partial charge is 0.394 e. The molecule has 14 heavy (non-hydrogen) atoms. The van der Waals surface area contributed by atoms with E-state index in [1.54, 1.807) is 11.3 Å². The zero-order valence-corrected chi connectivity index (χ0v) is 10.2. The van der Waals surface area contributed by atoms with Crippen LogP contribution in [0.1, 0.15) is 24.3 Å². The molecule has 3 heteroatoms. The summed E-state index contributed by atoms with van der Waals surface area (Å²) in [6.07, 6.45) is 0. The van der Waals surface area contributed by atoms with Gasteiger partial charge in [0.15, 0.2) is 0 Å². The Morgan fingerprint density at radius 1 is 1.50 bits per heavy atom. The minimum absolute atomic E-state index is 0.142. The molecule has 0 aliphatic rings. The maximum Gasteiger partial charge on any atom is 0.0610 e. The molecule has 0 aliphatic heterocycles. The van der Waals surface area contributed by atoms with E-state index in [0.717, 1.165) is 6.54 Å². The van der Waals surface area contributed by atoms with Crippen molar-refractivity contribution in [1.29, 1.82) is 0 Å². The standard InChI is InChI=1S/C11H19NOS/c1-9-5-6-14-10(9)7-12(4)11(2,3)8-13/h5-6,13H,7-8H2,1-4H3. The fourth-order valence-corrected chi connectivity index (χ4v) is 2.07. The van der Waals surface area contributed by atoms with E-state index in [1.165, 1.54) is 10.4 Å². The maximum absolute atomic E-state index is 9.22. The van der Waals surface area contributed by atoms with Gasteiger partial charge in [0.05, 0.1) is 6.61 Å². The molecule has 1 aromatic heterocycles. The lowest BCUT2D eigenvalue weighted by Gasteiger charge is -2.33. The molecule has 80 valence electrons. The number of rotatable bonds is 4. The summed E-state index contributed by atoms with van der Waals surface area (Å²) >= 11 is 1.78. The molecule has 1 aromatic rings. The molecule has 2 nitrogen and oxygen atoms in total. The summed E-state index contributed by atoms with van der Waals surface area (Å²) in [5, 5.41) is 11.3. The molecule has 1 rings (SSSR count). The zero-order chi connectivity index (χ0) is 10.8. The third kappa shape index (κ3) is 2.56. The van der Waals surface area contributed by atoms with Crippen molar-refractivity contribution in [1.82, 2.24) is 4.90 Å². The molecule has 1 N–H and O–H groups in total. The first-order valence-corrected chi connectivity index (χ1v) is 5.70. The fourth-order valence-electron chi connectivity index (χ4n) is 1.12. The van der Waals surface area contributed by atoms with E-state index in [-0.39, 0.29) is 12.1 Å². The van der Waals surface area contributed by atoms with Crippen molar-refractivity contribution < 1.29 is 5.11 Å². The minimum Gasteiger partial charge on any atom is -0.394 e. The van der Waals surface area contributed by atoms with Gasteiger partial charge in [0.1, 0.15) is 0 Å². The van der Waals surface area contributed by atoms with Crippen LogP contribution >= 0.6 is 11.3 Å². The number of aryl methyl sites for hydroxylation is 1. The average molecular weight is 213 g/mol. The van der Waals surface area contributed by atoms with Gasteiger partial charge in [0.25, 0.3) is 0 Å². The molecule has 0 spiro atoms. The summed E-state index contributed by atoms with van der Waals surface area (Å²) in [7, 11) is 2.05. The number of likely N-dealkylation sites (N-methyl/N-ethyl adjacent to an activating group) is 1. The highest BCUT2D eigenvalue weighted by molar-refractivity contribution is 7.10. The topological polar surface area (TPSA) is 23.5 Å². The smallest absolute Gasteiger partial charge is 0.0610 e. The molecule has 0 amide bonds. The van der Waals surface area contributed by atoms with Crippen LogP contribution in [0.25, 0.3) is 0 Å². The summed E-state index contributed by atoms with van der Waals surface area (Å²) < 4.78 is 0. The third-order valence-electron chi connectivity index (χ3n) is 2.77. The Kier molecular flexibility index (Phi) is 3.70. The highest BCUT2D eigenvalue weighted by Gasteiger charge is 2.22. The van der Waals surface area contributed by atoms with Crippen molar-refractivity contribution >= 4 is 11.3 Å². The molecule has 0 unspecified atom stereocenters. The number of hydrogen-bond donors (Lipinski definition) is 1. The van der Waals surface area contributed by atoms with Crippen LogP contribution in [0.2, 0.25) is 0 Å². The van der Waals surface area contributed by atoms with E-state index < -0.39 is 0 Å². The molecule has 0 aliphatic carbocycles. The fraction of sp³-hybridized carbons (Fsp3) is 0.636. The summed E-state index contributed by atoms with van der Waals surface area (Å²) in [6.45, 7) is 7.34. The first-order valence-electron chi connectivity index (χ1n) is 4.82. The van der Waals surface area contributed by atoms with Crippen molar-refractivity contribution in [2.24, 2.45) is 0 Å². The van der Waals surface area contributed by atoms with Crippen LogP contribution in [0.4, 0.5) is 0 Å². The first-order chi connectivity index (χ1) is 6.47. The predicted molar refractivity (Wildman–Crippen MR) is 61.7 cm³/mol. The van der Waals surface area contributed by atoms with E-state index in [2.05, 4.69) is 44.2 Å².